The Hall–Kier alpha value is -2.74. The van der Waals surface area contributed by atoms with Gasteiger partial charge in [0.1, 0.15) is 5.75 Å². The number of hydrogen-bond donors (Lipinski definition) is 1. The molecule has 0 saturated heterocycles. The molecule has 1 N–H and O–H groups in total. The van der Waals surface area contributed by atoms with Gasteiger partial charge in [-0.05, 0) is 37.1 Å². The van der Waals surface area contributed by atoms with Crippen molar-refractivity contribution in [3.8, 4) is 5.75 Å². The summed E-state index contributed by atoms with van der Waals surface area (Å²) in [5.74, 6) is 0.242. The molecule has 0 spiro atoms. The monoisotopic (exact) mass is 333 g/mol. The van der Waals surface area contributed by atoms with Crippen LogP contribution in [0.2, 0.25) is 0 Å². The summed E-state index contributed by atoms with van der Waals surface area (Å²) in [5, 5.41) is 14.3. The van der Waals surface area contributed by atoms with E-state index in [1.54, 1.807) is 6.07 Å². The number of carbonyl (C=O) groups excluding carboxylic acids is 1. The van der Waals surface area contributed by atoms with Crippen LogP contribution in [0, 0.1) is 24.0 Å². The highest BCUT2D eigenvalue weighted by Crippen LogP contribution is 2.22. The lowest BCUT2D eigenvalue weighted by Gasteiger charge is -2.08. The molecule has 1 aromatic carbocycles. The Kier molecular flexibility index (Phi) is 5.42. The SMILES string of the molecule is Cc1ccc(C)c(OCC(=O)N/N=C\c2ccc([N+](=O)[O-])s2)c1. The lowest BCUT2D eigenvalue weighted by Crippen LogP contribution is -2.24. The first kappa shape index (κ1) is 16.6. The lowest BCUT2D eigenvalue weighted by molar-refractivity contribution is -0.380. The number of rotatable bonds is 6. The van der Waals surface area contributed by atoms with Crippen molar-refractivity contribution in [3.63, 3.8) is 0 Å². The van der Waals surface area contributed by atoms with Gasteiger partial charge in [0.05, 0.1) is 16.0 Å². The minimum atomic E-state index is -0.474. The maximum absolute atomic E-state index is 11.7. The molecule has 2 aromatic rings. The molecular formula is C15H15N3O4S. The van der Waals surface area contributed by atoms with Gasteiger partial charge >= 0.3 is 5.00 Å². The highest BCUT2D eigenvalue weighted by Gasteiger charge is 2.08. The van der Waals surface area contributed by atoms with Gasteiger partial charge in [-0.15, -0.1) is 0 Å². The zero-order chi connectivity index (χ0) is 16.8. The predicted molar refractivity (Wildman–Crippen MR) is 88.1 cm³/mol. The van der Waals surface area contributed by atoms with Gasteiger partial charge in [-0.1, -0.05) is 23.5 Å². The first-order valence-corrected chi connectivity index (χ1v) is 7.53. The van der Waals surface area contributed by atoms with Crippen LogP contribution in [0.15, 0.2) is 35.4 Å². The van der Waals surface area contributed by atoms with Crippen LogP contribution in [0.4, 0.5) is 5.00 Å². The third kappa shape index (κ3) is 4.89. The van der Waals surface area contributed by atoms with Crippen molar-refractivity contribution in [2.75, 3.05) is 6.61 Å². The first-order chi connectivity index (χ1) is 11.0. The fourth-order valence-corrected chi connectivity index (χ4v) is 2.41. The van der Waals surface area contributed by atoms with Crippen molar-refractivity contribution in [1.82, 2.24) is 5.43 Å². The molecule has 0 bridgehead atoms. The molecule has 1 heterocycles. The topological polar surface area (TPSA) is 93.8 Å². The van der Waals surface area contributed by atoms with Crippen molar-refractivity contribution >= 4 is 28.5 Å². The number of hydrogen-bond acceptors (Lipinski definition) is 6. The molecule has 23 heavy (non-hydrogen) atoms. The van der Waals surface area contributed by atoms with E-state index in [0.29, 0.717) is 10.6 Å². The van der Waals surface area contributed by atoms with E-state index in [1.807, 2.05) is 32.0 Å². The van der Waals surface area contributed by atoms with Gasteiger partial charge in [-0.3, -0.25) is 14.9 Å². The van der Waals surface area contributed by atoms with Gasteiger partial charge in [-0.25, -0.2) is 5.43 Å². The Morgan fingerprint density at radius 3 is 2.87 bits per heavy atom. The number of nitrogens with one attached hydrogen (secondary N) is 1. The van der Waals surface area contributed by atoms with Gasteiger partial charge in [0.2, 0.25) is 0 Å². The van der Waals surface area contributed by atoms with Gasteiger partial charge in [0.15, 0.2) is 6.61 Å². The molecule has 1 aromatic heterocycles. The van der Waals surface area contributed by atoms with Crippen LogP contribution in [-0.4, -0.2) is 23.7 Å². The van der Waals surface area contributed by atoms with Gasteiger partial charge in [0, 0.05) is 6.07 Å². The average molecular weight is 333 g/mol. The molecule has 0 aliphatic heterocycles. The largest absolute Gasteiger partial charge is 0.483 e. The second-order valence-corrected chi connectivity index (χ2v) is 5.88. The second kappa shape index (κ2) is 7.50. The summed E-state index contributed by atoms with van der Waals surface area (Å²) in [6, 6.07) is 8.69. The summed E-state index contributed by atoms with van der Waals surface area (Å²) in [4.78, 5) is 22.3. The Labute approximate surface area is 136 Å². The summed E-state index contributed by atoms with van der Waals surface area (Å²) in [6.45, 7) is 3.68. The minimum absolute atomic E-state index is 0.0241. The van der Waals surface area contributed by atoms with E-state index in [-0.39, 0.29) is 11.6 Å². The Morgan fingerprint density at radius 1 is 1.39 bits per heavy atom. The van der Waals surface area contributed by atoms with Crippen LogP contribution < -0.4 is 10.2 Å². The van der Waals surface area contributed by atoms with E-state index in [4.69, 9.17) is 4.74 Å². The molecule has 0 fully saturated rings. The van der Waals surface area contributed by atoms with Gasteiger partial charge < -0.3 is 4.74 Å². The lowest BCUT2D eigenvalue weighted by atomic mass is 10.1. The molecule has 7 nitrogen and oxygen atoms in total. The van der Waals surface area contributed by atoms with Crippen LogP contribution in [-0.2, 0) is 4.79 Å². The first-order valence-electron chi connectivity index (χ1n) is 6.72. The van der Waals surface area contributed by atoms with Crippen LogP contribution in [0.5, 0.6) is 5.75 Å². The fraction of sp³-hybridized carbons (Fsp3) is 0.200. The van der Waals surface area contributed by atoms with Crippen molar-refractivity contribution in [2.24, 2.45) is 5.10 Å². The summed E-state index contributed by atoms with van der Waals surface area (Å²) in [6.07, 6.45) is 1.35. The van der Waals surface area contributed by atoms with Crippen LogP contribution >= 0.6 is 11.3 Å². The Balaban J connectivity index is 1.83. The molecule has 120 valence electrons. The van der Waals surface area contributed by atoms with E-state index in [0.717, 1.165) is 22.5 Å². The summed E-state index contributed by atoms with van der Waals surface area (Å²) in [7, 11) is 0. The fourth-order valence-electron chi connectivity index (χ4n) is 1.72. The van der Waals surface area contributed by atoms with Crippen molar-refractivity contribution < 1.29 is 14.5 Å². The number of amides is 1. The third-order valence-electron chi connectivity index (χ3n) is 2.88. The molecule has 2 rings (SSSR count). The second-order valence-electron chi connectivity index (χ2n) is 4.78. The number of aryl methyl sites for hydroxylation is 2. The normalized spacial score (nSPS) is 10.7. The molecule has 0 aliphatic carbocycles. The third-order valence-corrected chi connectivity index (χ3v) is 3.85. The maximum Gasteiger partial charge on any atom is 0.324 e. The van der Waals surface area contributed by atoms with Gasteiger partial charge in [-0.2, -0.15) is 5.10 Å². The van der Waals surface area contributed by atoms with E-state index in [1.165, 1.54) is 12.3 Å². The molecule has 0 aliphatic rings. The molecule has 0 radical (unpaired) electrons. The number of ether oxygens (including phenoxy) is 1. The summed E-state index contributed by atoms with van der Waals surface area (Å²) < 4.78 is 5.45. The van der Waals surface area contributed by atoms with Crippen LogP contribution in [0.3, 0.4) is 0 Å². The van der Waals surface area contributed by atoms with Crippen LogP contribution in [0.25, 0.3) is 0 Å². The summed E-state index contributed by atoms with van der Waals surface area (Å²) in [5.41, 5.74) is 4.30. The molecule has 0 unspecified atom stereocenters. The zero-order valence-electron chi connectivity index (χ0n) is 12.6. The Morgan fingerprint density at radius 2 is 2.17 bits per heavy atom. The molecule has 8 heteroatoms. The molecule has 1 amide bonds. The smallest absolute Gasteiger partial charge is 0.324 e. The predicted octanol–water partition coefficient (Wildman–Crippen LogP) is 2.80. The van der Waals surface area contributed by atoms with Crippen LogP contribution in [0.1, 0.15) is 16.0 Å². The number of nitro groups is 1. The Bertz CT molecular complexity index is 755. The highest BCUT2D eigenvalue weighted by molar-refractivity contribution is 7.16. The maximum atomic E-state index is 11.7. The number of hydrazone groups is 1. The molecule has 0 saturated carbocycles. The number of nitrogens with zero attached hydrogens (tertiary/aromatic N) is 2. The standard InChI is InChI=1S/C15H15N3O4S/c1-10-3-4-11(2)13(7-10)22-9-14(19)17-16-8-12-5-6-15(23-12)18(20)21/h3-8H,9H2,1-2H3,(H,17,19)/b16-8-. The zero-order valence-corrected chi connectivity index (χ0v) is 13.4. The van der Waals surface area contributed by atoms with Crippen molar-refractivity contribution in [2.45, 2.75) is 13.8 Å². The van der Waals surface area contributed by atoms with Crippen molar-refractivity contribution in [1.29, 1.82) is 0 Å². The molecule has 0 atom stereocenters. The van der Waals surface area contributed by atoms with E-state index < -0.39 is 10.8 Å². The average Bonchev–Trinajstić information content (AvgIpc) is 2.97. The minimum Gasteiger partial charge on any atom is -0.483 e. The van der Waals surface area contributed by atoms with Gasteiger partial charge in [0.25, 0.3) is 5.91 Å². The molecular weight excluding hydrogens is 318 g/mol. The summed E-state index contributed by atoms with van der Waals surface area (Å²) >= 11 is 0.975. The number of thiophene rings is 1. The number of carbonyl (C=O) groups is 1. The van der Waals surface area contributed by atoms with E-state index >= 15 is 0 Å². The highest BCUT2D eigenvalue weighted by atomic mass is 32.1. The quantitative estimate of drug-likeness (QED) is 0.499. The number of benzene rings is 1. The van der Waals surface area contributed by atoms with Crippen molar-refractivity contribution in [3.05, 3.63) is 56.5 Å². The van der Waals surface area contributed by atoms with E-state index in [9.17, 15) is 14.9 Å². The van der Waals surface area contributed by atoms with E-state index in [2.05, 4.69) is 10.5 Å².